The molecule has 2 fully saturated rings. The van der Waals surface area contributed by atoms with Crippen LogP contribution in [0, 0.1) is 0 Å². The average molecular weight is 331 g/mol. The lowest BCUT2D eigenvalue weighted by Crippen LogP contribution is -2.31. The van der Waals surface area contributed by atoms with Gasteiger partial charge in [-0.15, -0.1) is 0 Å². The molecule has 2 heterocycles. The first-order chi connectivity index (χ1) is 11.8. The fraction of sp³-hybridized carbons (Fsp3) is 0.684. The van der Waals surface area contributed by atoms with Gasteiger partial charge in [0.1, 0.15) is 12.4 Å². The van der Waals surface area contributed by atoms with E-state index in [1.807, 2.05) is 6.20 Å². The van der Waals surface area contributed by atoms with E-state index in [1.165, 1.54) is 38.5 Å². The highest BCUT2D eigenvalue weighted by atomic mass is 16.5. The number of nitrogens with zero attached hydrogens (tertiary/aromatic N) is 2. The van der Waals surface area contributed by atoms with Gasteiger partial charge in [-0.2, -0.15) is 0 Å². The zero-order valence-electron chi connectivity index (χ0n) is 14.5. The summed E-state index contributed by atoms with van der Waals surface area (Å²) in [5, 5.41) is 2.92. The molecule has 0 atom stereocenters. The standard InChI is InChI=1S/C19H29N3O2/c23-19(15-24-17-7-3-1-4-8-17)21-14-16-9-10-18(20-13-16)22-11-5-2-6-12-22/h9-10,13,17H,1-8,11-12,14-15H2,(H,21,23). The third-order valence-electron chi connectivity index (χ3n) is 4.98. The molecule has 132 valence electrons. The second kappa shape index (κ2) is 9.02. The van der Waals surface area contributed by atoms with Gasteiger partial charge in [-0.05, 0) is 43.7 Å². The van der Waals surface area contributed by atoms with Crippen LogP contribution in [0.25, 0.3) is 0 Å². The van der Waals surface area contributed by atoms with Gasteiger partial charge in [-0.1, -0.05) is 25.3 Å². The van der Waals surface area contributed by atoms with E-state index in [0.29, 0.717) is 6.54 Å². The van der Waals surface area contributed by atoms with Crippen molar-refractivity contribution in [3.63, 3.8) is 0 Å². The van der Waals surface area contributed by atoms with Crippen molar-refractivity contribution in [2.45, 2.75) is 64.0 Å². The Labute approximate surface area is 144 Å². The number of amides is 1. The number of rotatable bonds is 6. The molecule has 5 heteroatoms. The van der Waals surface area contributed by atoms with Crippen LogP contribution in [0.4, 0.5) is 5.82 Å². The summed E-state index contributed by atoms with van der Waals surface area (Å²) in [5.41, 5.74) is 1.03. The fourth-order valence-corrected chi connectivity index (χ4v) is 3.51. The minimum absolute atomic E-state index is 0.0410. The number of carbonyl (C=O) groups excluding carboxylic acids is 1. The highest BCUT2D eigenvalue weighted by molar-refractivity contribution is 5.77. The lowest BCUT2D eigenvalue weighted by Gasteiger charge is -2.27. The van der Waals surface area contributed by atoms with Gasteiger partial charge in [0, 0.05) is 25.8 Å². The van der Waals surface area contributed by atoms with Gasteiger partial charge in [0.25, 0.3) is 0 Å². The number of hydrogen-bond acceptors (Lipinski definition) is 4. The Hall–Kier alpha value is -1.62. The van der Waals surface area contributed by atoms with Crippen LogP contribution >= 0.6 is 0 Å². The van der Waals surface area contributed by atoms with Crippen LogP contribution in [0.5, 0.6) is 0 Å². The summed E-state index contributed by atoms with van der Waals surface area (Å²) in [5.74, 6) is 1.01. The van der Waals surface area contributed by atoms with Crippen LogP contribution in [0.3, 0.4) is 0 Å². The number of anilines is 1. The van der Waals surface area contributed by atoms with Crippen molar-refractivity contribution >= 4 is 11.7 Å². The van der Waals surface area contributed by atoms with E-state index in [1.54, 1.807) is 0 Å². The highest BCUT2D eigenvalue weighted by Crippen LogP contribution is 2.20. The van der Waals surface area contributed by atoms with Crippen LogP contribution in [0.2, 0.25) is 0 Å². The molecule has 0 bridgehead atoms. The van der Waals surface area contributed by atoms with E-state index in [4.69, 9.17) is 4.74 Å². The Kier molecular flexibility index (Phi) is 6.47. The maximum absolute atomic E-state index is 11.9. The van der Waals surface area contributed by atoms with Crippen molar-refractivity contribution in [1.82, 2.24) is 10.3 Å². The SMILES string of the molecule is O=C(COC1CCCCC1)NCc1ccc(N2CCCCC2)nc1. The molecule has 0 spiro atoms. The average Bonchev–Trinajstić information content (AvgIpc) is 2.67. The number of ether oxygens (including phenoxy) is 1. The second-order valence-electron chi connectivity index (χ2n) is 6.92. The van der Waals surface area contributed by atoms with E-state index in [-0.39, 0.29) is 18.6 Å². The number of piperidine rings is 1. The molecule has 5 nitrogen and oxygen atoms in total. The minimum Gasteiger partial charge on any atom is -0.368 e. The Bertz CT molecular complexity index is 506. The molecule has 1 N–H and O–H groups in total. The summed E-state index contributed by atoms with van der Waals surface area (Å²) < 4.78 is 5.70. The first-order valence-corrected chi connectivity index (χ1v) is 9.39. The summed E-state index contributed by atoms with van der Waals surface area (Å²) in [7, 11) is 0. The molecule has 2 aliphatic rings. The molecule has 24 heavy (non-hydrogen) atoms. The number of aromatic nitrogens is 1. The van der Waals surface area contributed by atoms with Gasteiger partial charge >= 0.3 is 0 Å². The number of hydrogen-bond donors (Lipinski definition) is 1. The summed E-state index contributed by atoms with van der Waals surface area (Å²) >= 11 is 0. The molecule has 3 rings (SSSR count). The normalized spacial score (nSPS) is 19.2. The smallest absolute Gasteiger partial charge is 0.246 e. The van der Waals surface area contributed by atoms with Crippen LogP contribution in [0.15, 0.2) is 18.3 Å². The molecule has 1 amide bonds. The van der Waals surface area contributed by atoms with Gasteiger partial charge in [0.15, 0.2) is 0 Å². The molecule has 1 aromatic rings. The number of pyridine rings is 1. The summed E-state index contributed by atoms with van der Waals surface area (Å²) in [6, 6.07) is 4.12. The topological polar surface area (TPSA) is 54.5 Å². The highest BCUT2D eigenvalue weighted by Gasteiger charge is 2.15. The molecular weight excluding hydrogens is 302 g/mol. The van der Waals surface area contributed by atoms with Crippen molar-refractivity contribution in [1.29, 1.82) is 0 Å². The third kappa shape index (κ3) is 5.20. The van der Waals surface area contributed by atoms with E-state index >= 15 is 0 Å². The molecule has 0 unspecified atom stereocenters. The third-order valence-corrected chi connectivity index (χ3v) is 4.98. The predicted molar refractivity (Wildman–Crippen MR) is 95.0 cm³/mol. The van der Waals surface area contributed by atoms with Gasteiger partial charge < -0.3 is 15.0 Å². The summed E-state index contributed by atoms with van der Waals surface area (Å²) in [6.45, 7) is 2.88. The zero-order valence-corrected chi connectivity index (χ0v) is 14.5. The lowest BCUT2D eigenvalue weighted by molar-refractivity contribution is -0.128. The van der Waals surface area contributed by atoms with Crippen LogP contribution in [-0.2, 0) is 16.1 Å². The lowest BCUT2D eigenvalue weighted by atomic mass is 9.98. The van der Waals surface area contributed by atoms with E-state index in [9.17, 15) is 4.79 Å². The molecule has 1 aromatic heterocycles. The monoisotopic (exact) mass is 331 g/mol. The Balaban J connectivity index is 1.38. The largest absolute Gasteiger partial charge is 0.368 e. The Morgan fingerprint density at radius 2 is 1.88 bits per heavy atom. The fourth-order valence-electron chi connectivity index (χ4n) is 3.51. The Morgan fingerprint density at radius 3 is 2.58 bits per heavy atom. The molecule has 1 aliphatic heterocycles. The van der Waals surface area contributed by atoms with Crippen LogP contribution in [0.1, 0.15) is 56.9 Å². The first-order valence-electron chi connectivity index (χ1n) is 9.39. The van der Waals surface area contributed by atoms with Gasteiger partial charge in [0.05, 0.1) is 6.10 Å². The van der Waals surface area contributed by atoms with Crippen molar-refractivity contribution in [2.24, 2.45) is 0 Å². The van der Waals surface area contributed by atoms with Crippen molar-refractivity contribution < 1.29 is 9.53 Å². The minimum atomic E-state index is -0.0410. The van der Waals surface area contributed by atoms with E-state index in [2.05, 4.69) is 27.3 Å². The molecule has 0 radical (unpaired) electrons. The number of nitrogens with one attached hydrogen (secondary N) is 1. The van der Waals surface area contributed by atoms with E-state index < -0.39 is 0 Å². The summed E-state index contributed by atoms with van der Waals surface area (Å²) in [6.07, 6.45) is 11.9. The van der Waals surface area contributed by atoms with E-state index in [0.717, 1.165) is 37.3 Å². The van der Waals surface area contributed by atoms with Crippen LogP contribution < -0.4 is 10.2 Å². The molecule has 1 aliphatic carbocycles. The number of carbonyl (C=O) groups is 1. The van der Waals surface area contributed by atoms with Crippen LogP contribution in [-0.4, -0.2) is 36.7 Å². The first kappa shape index (κ1) is 17.2. The van der Waals surface area contributed by atoms with Crippen molar-refractivity contribution in [3.05, 3.63) is 23.9 Å². The molecular formula is C19H29N3O2. The Morgan fingerprint density at radius 1 is 1.12 bits per heavy atom. The maximum Gasteiger partial charge on any atom is 0.246 e. The second-order valence-corrected chi connectivity index (χ2v) is 6.92. The quantitative estimate of drug-likeness (QED) is 0.870. The molecule has 0 aromatic carbocycles. The van der Waals surface area contributed by atoms with Crippen molar-refractivity contribution in [3.8, 4) is 0 Å². The zero-order chi connectivity index (χ0) is 16.6. The molecule has 1 saturated carbocycles. The van der Waals surface area contributed by atoms with Gasteiger partial charge in [-0.25, -0.2) is 4.98 Å². The predicted octanol–water partition coefficient (Wildman–Crippen LogP) is 3.04. The van der Waals surface area contributed by atoms with Gasteiger partial charge in [0.2, 0.25) is 5.91 Å². The summed E-state index contributed by atoms with van der Waals surface area (Å²) in [4.78, 5) is 18.8. The van der Waals surface area contributed by atoms with Gasteiger partial charge in [-0.3, -0.25) is 4.79 Å². The van der Waals surface area contributed by atoms with Crippen molar-refractivity contribution in [2.75, 3.05) is 24.6 Å². The maximum atomic E-state index is 11.9. The molecule has 1 saturated heterocycles.